The third kappa shape index (κ3) is 3.32. The maximum atomic E-state index is 9.75. The van der Waals surface area contributed by atoms with E-state index in [4.69, 9.17) is 0 Å². The van der Waals surface area contributed by atoms with Crippen LogP contribution < -0.4 is 5.32 Å². The maximum absolute atomic E-state index is 9.75. The zero-order valence-corrected chi connectivity index (χ0v) is 11.5. The number of aromatic nitrogens is 3. The van der Waals surface area contributed by atoms with Crippen LogP contribution in [0.1, 0.15) is 31.3 Å². The maximum Gasteiger partial charge on any atom is 0.138 e. The monoisotopic (exact) mass is 260 g/mol. The van der Waals surface area contributed by atoms with E-state index in [2.05, 4.69) is 29.2 Å². The second kappa shape index (κ2) is 5.84. The van der Waals surface area contributed by atoms with E-state index < -0.39 is 0 Å². The molecule has 5 heteroatoms. The van der Waals surface area contributed by atoms with Crippen LogP contribution in [-0.4, -0.2) is 25.9 Å². The highest BCUT2D eigenvalue weighted by atomic mass is 16.3. The molecule has 0 aliphatic rings. The molecule has 0 amide bonds. The summed E-state index contributed by atoms with van der Waals surface area (Å²) < 4.78 is 1.92. The first kappa shape index (κ1) is 13.5. The number of pyridine rings is 1. The molecule has 0 fully saturated rings. The van der Waals surface area contributed by atoms with Crippen molar-refractivity contribution in [1.29, 1.82) is 0 Å². The Morgan fingerprint density at radius 2 is 2.16 bits per heavy atom. The Balaban J connectivity index is 1.96. The number of nitrogens with zero attached hydrogens (tertiary/aromatic N) is 3. The fourth-order valence-corrected chi connectivity index (χ4v) is 1.91. The van der Waals surface area contributed by atoms with E-state index in [-0.39, 0.29) is 17.8 Å². The van der Waals surface area contributed by atoms with Crippen molar-refractivity contribution in [1.82, 2.24) is 20.1 Å². The van der Waals surface area contributed by atoms with E-state index in [9.17, 15) is 5.11 Å². The van der Waals surface area contributed by atoms with Gasteiger partial charge in [0.25, 0.3) is 0 Å². The summed E-state index contributed by atoms with van der Waals surface area (Å²) in [5, 5.41) is 17.4. The number of nitrogens with one attached hydrogen (secondary N) is 1. The van der Waals surface area contributed by atoms with Crippen LogP contribution in [0.2, 0.25) is 0 Å². The van der Waals surface area contributed by atoms with Gasteiger partial charge in [-0.3, -0.25) is 9.67 Å². The van der Waals surface area contributed by atoms with Gasteiger partial charge in [0.2, 0.25) is 0 Å². The molecule has 2 rings (SSSR count). The molecule has 0 radical (unpaired) electrons. The summed E-state index contributed by atoms with van der Waals surface area (Å²) in [7, 11) is 0. The van der Waals surface area contributed by atoms with Crippen molar-refractivity contribution in [2.45, 2.75) is 39.4 Å². The lowest BCUT2D eigenvalue weighted by Crippen LogP contribution is -2.33. The minimum absolute atomic E-state index is 0.224. The average Bonchev–Trinajstić information content (AvgIpc) is 2.92. The van der Waals surface area contributed by atoms with E-state index in [1.807, 2.05) is 23.9 Å². The summed E-state index contributed by atoms with van der Waals surface area (Å²) in [5.74, 6) is 0.233. The number of aryl methyl sites for hydroxylation is 1. The number of rotatable bonds is 5. The molecule has 0 aliphatic carbocycles. The first-order valence-electron chi connectivity index (χ1n) is 6.46. The van der Waals surface area contributed by atoms with E-state index in [1.165, 1.54) is 0 Å². The minimum atomic E-state index is 0.224. The lowest BCUT2D eigenvalue weighted by molar-refractivity contribution is 0.360. The standard InChI is InChI=1S/C14H20N4O/c1-10-5-6-14(19)13(17-10)9-15-11(2)12(3)18-8-4-7-16-18/h4-8,11-12,15,19H,9H2,1-3H3. The SMILES string of the molecule is Cc1ccc(O)c(CNC(C)C(C)n2cccn2)n1. The van der Waals surface area contributed by atoms with Crippen LogP contribution in [0.15, 0.2) is 30.6 Å². The van der Waals surface area contributed by atoms with Crippen LogP contribution in [0.3, 0.4) is 0 Å². The molecule has 2 heterocycles. The molecule has 2 unspecified atom stereocenters. The number of aromatic hydroxyl groups is 1. The van der Waals surface area contributed by atoms with E-state index in [0.29, 0.717) is 12.2 Å². The van der Waals surface area contributed by atoms with E-state index in [1.54, 1.807) is 18.3 Å². The van der Waals surface area contributed by atoms with Crippen molar-refractivity contribution >= 4 is 0 Å². The van der Waals surface area contributed by atoms with Gasteiger partial charge in [0.15, 0.2) is 0 Å². The highest BCUT2D eigenvalue weighted by molar-refractivity contribution is 5.27. The molecule has 19 heavy (non-hydrogen) atoms. The van der Waals surface area contributed by atoms with Crippen molar-refractivity contribution in [2.75, 3.05) is 0 Å². The predicted molar refractivity (Wildman–Crippen MR) is 73.9 cm³/mol. The molecule has 2 aromatic heterocycles. The zero-order chi connectivity index (χ0) is 13.8. The molecule has 0 saturated heterocycles. The van der Waals surface area contributed by atoms with Gasteiger partial charge in [-0.15, -0.1) is 0 Å². The average molecular weight is 260 g/mol. The van der Waals surface area contributed by atoms with Gasteiger partial charge in [-0.1, -0.05) is 0 Å². The molecular formula is C14H20N4O. The Morgan fingerprint density at radius 1 is 1.37 bits per heavy atom. The van der Waals surface area contributed by atoms with Crippen LogP contribution in [0.5, 0.6) is 5.75 Å². The largest absolute Gasteiger partial charge is 0.506 e. The highest BCUT2D eigenvalue weighted by Gasteiger charge is 2.14. The topological polar surface area (TPSA) is 63.0 Å². The van der Waals surface area contributed by atoms with Gasteiger partial charge in [-0.25, -0.2) is 0 Å². The molecule has 102 valence electrons. The van der Waals surface area contributed by atoms with Gasteiger partial charge in [0.1, 0.15) is 5.75 Å². The first-order chi connectivity index (χ1) is 9.08. The Hall–Kier alpha value is -1.88. The van der Waals surface area contributed by atoms with Gasteiger partial charge in [-0.05, 0) is 39.0 Å². The zero-order valence-electron chi connectivity index (χ0n) is 11.5. The lowest BCUT2D eigenvalue weighted by atomic mass is 10.1. The summed E-state index contributed by atoms with van der Waals surface area (Å²) >= 11 is 0. The predicted octanol–water partition coefficient (Wildman–Crippen LogP) is 2.03. The van der Waals surface area contributed by atoms with Crippen molar-refractivity contribution in [3.05, 3.63) is 42.0 Å². The quantitative estimate of drug-likeness (QED) is 0.863. The lowest BCUT2D eigenvalue weighted by Gasteiger charge is -2.21. The third-order valence-electron chi connectivity index (χ3n) is 3.35. The van der Waals surface area contributed by atoms with Crippen molar-refractivity contribution in [2.24, 2.45) is 0 Å². The van der Waals surface area contributed by atoms with Crippen molar-refractivity contribution < 1.29 is 5.11 Å². The Bertz CT molecular complexity index is 524. The summed E-state index contributed by atoms with van der Waals surface area (Å²) in [5.41, 5.74) is 1.59. The van der Waals surface area contributed by atoms with Gasteiger partial charge < -0.3 is 10.4 Å². The summed E-state index contributed by atoms with van der Waals surface area (Å²) in [6.07, 6.45) is 3.72. The van der Waals surface area contributed by atoms with Gasteiger partial charge in [0, 0.05) is 30.7 Å². The fourth-order valence-electron chi connectivity index (χ4n) is 1.91. The van der Waals surface area contributed by atoms with Crippen LogP contribution in [0, 0.1) is 6.92 Å². The molecule has 0 saturated carbocycles. The Labute approximate surface area is 113 Å². The van der Waals surface area contributed by atoms with Crippen LogP contribution in [-0.2, 0) is 6.54 Å². The normalized spacial score (nSPS) is 14.3. The smallest absolute Gasteiger partial charge is 0.138 e. The van der Waals surface area contributed by atoms with Crippen LogP contribution in [0.4, 0.5) is 0 Å². The minimum Gasteiger partial charge on any atom is -0.506 e. The van der Waals surface area contributed by atoms with E-state index in [0.717, 1.165) is 5.69 Å². The van der Waals surface area contributed by atoms with Gasteiger partial charge in [0.05, 0.1) is 11.7 Å². The van der Waals surface area contributed by atoms with Crippen molar-refractivity contribution in [3.8, 4) is 5.75 Å². The molecule has 2 aromatic rings. The number of hydrogen-bond acceptors (Lipinski definition) is 4. The summed E-state index contributed by atoms with van der Waals surface area (Å²) in [6, 6.07) is 5.86. The molecule has 5 nitrogen and oxygen atoms in total. The van der Waals surface area contributed by atoms with E-state index >= 15 is 0 Å². The second-order valence-corrected chi connectivity index (χ2v) is 4.81. The molecule has 2 atom stereocenters. The molecule has 0 aromatic carbocycles. The Morgan fingerprint density at radius 3 is 2.84 bits per heavy atom. The second-order valence-electron chi connectivity index (χ2n) is 4.81. The third-order valence-corrected chi connectivity index (χ3v) is 3.35. The van der Waals surface area contributed by atoms with Crippen LogP contribution >= 0.6 is 0 Å². The Kier molecular flexibility index (Phi) is 4.16. The molecule has 0 aliphatic heterocycles. The first-order valence-corrected chi connectivity index (χ1v) is 6.46. The molecular weight excluding hydrogens is 240 g/mol. The van der Waals surface area contributed by atoms with Gasteiger partial charge >= 0.3 is 0 Å². The van der Waals surface area contributed by atoms with Gasteiger partial charge in [-0.2, -0.15) is 5.10 Å². The van der Waals surface area contributed by atoms with Crippen LogP contribution in [0.25, 0.3) is 0 Å². The highest BCUT2D eigenvalue weighted by Crippen LogP contribution is 2.16. The van der Waals surface area contributed by atoms with Crippen molar-refractivity contribution in [3.63, 3.8) is 0 Å². The fraction of sp³-hybridized carbons (Fsp3) is 0.429. The summed E-state index contributed by atoms with van der Waals surface area (Å²) in [6.45, 7) is 6.66. The molecule has 2 N–H and O–H groups in total. The molecule has 0 bridgehead atoms. The summed E-state index contributed by atoms with van der Waals surface area (Å²) in [4.78, 5) is 4.33. The molecule has 0 spiro atoms. The number of hydrogen-bond donors (Lipinski definition) is 2.